The Morgan fingerprint density at radius 3 is 1.78 bits per heavy atom. The molecule has 0 spiro atoms. The molecule has 18 heavy (non-hydrogen) atoms. The molecule has 1 aliphatic rings. The van der Waals surface area contributed by atoms with E-state index < -0.39 is 0 Å². The van der Waals surface area contributed by atoms with Crippen molar-refractivity contribution in [3.8, 4) is 0 Å². The molecule has 90 valence electrons. The molecular weight excluding hydrogens is 244 g/mol. The third-order valence-corrected chi connectivity index (χ3v) is 3.84. The summed E-state index contributed by atoms with van der Waals surface area (Å²) >= 11 is 5.85. The first-order valence-electron chi connectivity index (χ1n) is 6.12. The van der Waals surface area contributed by atoms with Gasteiger partial charge in [0, 0.05) is 0 Å². The van der Waals surface area contributed by atoms with Gasteiger partial charge in [-0.2, -0.15) is 0 Å². The lowest BCUT2D eigenvalue weighted by Gasteiger charge is -2.15. The van der Waals surface area contributed by atoms with Crippen molar-refractivity contribution >= 4 is 16.8 Å². The van der Waals surface area contributed by atoms with Crippen LogP contribution in [0.4, 0.5) is 0 Å². The summed E-state index contributed by atoms with van der Waals surface area (Å²) in [6.45, 7) is 0. The second-order valence-electron chi connectivity index (χ2n) is 4.63. The predicted molar refractivity (Wildman–Crippen MR) is 73.0 cm³/mol. The van der Waals surface area contributed by atoms with Crippen molar-refractivity contribution in [2.24, 2.45) is 0 Å². The average Bonchev–Trinajstić information content (AvgIpc) is 2.55. The first-order valence-corrected chi connectivity index (χ1v) is 6.50. The molecule has 0 fully saturated rings. The normalized spacial score (nSPS) is 14.5. The number of hydrogen-bond acceptors (Lipinski definition) is 1. The summed E-state index contributed by atoms with van der Waals surface area (Å²) < 4.78 is 0. The SMILES string of the molecule is O=C(Cl)C1c2ccccc2CCc2ccccc21. The highest BCUT2D eigenvalue weighted by molar-refractivity contribution is 6.65. The maximum atomic E-state index is 11.8. The van der Waals surface area contributed by atoms with Gasteiger partial charge in [-0.15, -0.1) is 0 Å². The topological polar surface area (TPSA) is 17.1 Å². The first-order chi connectivity index (χ1) is 8.77. The molecule has 3 rings (SSSR count). The van der Waals surface area contributed by atoms with Crippen molar-refractivity contribution in [2.75, 3.05) is 0 Å². The standard InChI is InChI=1S/C16H13ClO/c17-16(18)15-13-7-3-1-5-11(13)9-10-12-6-2-4-8-14(12)15/h1-8,15H,9-10H2. The molecule has 1 aliphatic carbocycles. The Hall–Kier alpha value is -1.60. The van der Waals surface area contributed by atoms with Gasteiger partial charge in [-0.1, -0.05) is 48.5 Å². The summed E-state index contributed by atoms with van der Waals surface area (Å²) in [6, 6.07) is 16.2. The Kier molecular flexibility index (Phi) is 2.92. The van der Waals surface area contributed by atoms with Crippen LogP contribution < -0.4 is 0 Å². The van der Waals surface area contributed by atoms with Gasteiger partial charge in [0.25, 0.3) is 0 Å². The third-order valence-electron chi connectivity index (χ3n) is 3.62. The Balaban J connectivity index is 2.24. The van der Waals surface area contributed by atoms with Crippen LogP contribution >= 0.6 is 11.6 Å². The van der Waals surface area contributed by atoms with E-state index in [1.54, 1.807) is 0 Å². The first kappa shape index (κ1) is 11.5. The van der Waals surface area contributed by atoms with Gasteiger partial charge in [0.2, 0.25) is 5.24 Å². The number of fused-ring (bicyclic) bond motifs is 2. The Morgan fingerprint density at radius 2 is 1.33 bits per heavy atom. The minimum atomic E-state index is -0.318. The highest BCUT2D eigenvalue weighted by Crippen LogP contribution is 2.35. The molecular formula is C16H13ClO. The van der Waals surface area contributed by atoms with Crippen molar-refractivity contribution in [2.45, 2.75) is 18.8 Å². The molecule has 0 bridgehead atoms. The number of carbonyl (C=O) groups excluding carboxylic acids is 1. The molecule has 0 saturated carbocycles. The highest BCUT2D eigenvalue weighted by Gasteiger charge is 2.27. The van der Waals surface area contributed by atoms with E-state index >= 15 is 0 Å². The van der Waals surface area contributed by atoms with Gasteiger partial charge in [-0.05, 0) is 46.7 Å². The van der Waals surface area contributed by atoms with E-state index in [9.17, 15) is 4.79 Å². The zero-order valence-corrected chi connectivity index (χ0v) is 10.7. The van der Waals surface area contributed by atoms with Crippen LogP contribution in [0.5, 0.6) is 0 Å². The van der Waals surface area contributed by atoms with Gasteiger partial charge in [0.05, 0.1) is 5.92 Å². The molecule has 0 saturated heterocycles. The molecule has 1 nitrogen and oxygen atoms in total. The van der Waals surface area contributed by atoms with Crippen LogP contribution in [0.15, 0.2) is 48.5 Å². The van der Waals surface area contributed by atoms with E-state index in [4.69, 9.17) is 11.6 Å². The monoisotopic (exact) mass is 256 g/mol. The van der Waals surface area contributed by atoms with Gasteiger partial charge >= 0.3 is 0 Å². The molecule has 0 N–H and O–H groups in total. The number of aryl methyl sites for hydroxylation is 2. The van der Waals surface area contributed by atoms with E-state index in [-0.39, 0.29) is 11.2 Å². The van der Waals surface area contributed by atoms with Crippen LogP contribution in [0, 0.1) is 0 Å². The number of hydrogen-bond donors (Lipinski definition) is 0. The Bertz CT molecular complexity index is 556. The molecule has 0 radical (unpaired) electrons. The van der Waals surface area contributed by atoms with Crippen LogP contribution in [-0.4, -0.2) is 5.24 Å². The van der Waals surface area contributed by atoms with Gasteiger partial charge in [0.15, 0.2) is 0 Å². The predicted octanol–water partition coefficient (Wildman–Crippen LogP) is 3.68. The smallest absolute Gasteiger partial charge is 0.233 e. The molecule has 0 atom stereocenters. The van der Waals surface area contributed by atoms with E-state index in [0.29, 0.717) is 0 Å². The van der Waals surface area contributed by atoms with Gasteiger partial charge in [0.1, 0.15) is 0 Å². The molecule has 2 aromatic rings. The molecule has 2 aromatic carbocycles. The Labute approximate surface area is 111 Å². The fourth-order valence-electron chi connectivity index (χ4n) is 2.77. The van der Waals surface area contributed by atoms with E-state index in [1.165, 1.54) is 11.1 Å². The van der Waals surface area contributed by atoms with Crippen molar-refractivity contribution in [3.05, 3.63) is 70.8 Å². The summed E-state index contributed by atoms with van der Waals surface area (Å²) in [4.78, 5) is 11.8. The van der Waals surface area contributed by atoms with Crippen LogP contribution in [-0.2, 0) is 17.6 Å². The lowest BCUT2D eigenvalue weighted by Crippen LogP contribution is -2.10. The maximum Gasteiger partial charge on any atom is 0.233 e. The number of halogens is 1. The summed E-state index contributed by atoms with van der Waals surface area (Å²) in [5, 5.41) is -0.295. The summed E-state index contributed by atoms with van der Waals surface area (Å²) in [6.07, 6.45) is 1.93. The molecule has 0 heterocycles. The van der Waals surface area contributed by atoms with Crippen molar-refractivity contribution in [1.29, 1.82) is 0 Å². The largest absolute Gasteiger partial charge is 0.280 e. The molecule has 2 heteroatoms. The summed E-state index contributed by atoms with van der Waals surface area (Å²) in [5.41, 5.74) is 4.57. The maximum absolute atomic E-state index is 11.8. The average molecular weight is 257 g/mol. The van der Waals surface area contributed by atoms with Crippen molar-refractivity contribution in [3.63, 3.8) is 0 Å². The van der Waals surface area contributed by atoms with Crippen LogP contribution in [0.2, 0.25) is 0 Å². The second kappa shape index (κ2) is 4.58. The minimum absolute atomic E-state index is 0.295. The zero-order chi connectivity index (χ0) is 12.5. The van der Waals surface area contributed by atoms with Crippen LogP contribution in [0.25, 0.3) is 0 Å². The van der Waals surface area contributed by atoms with E-state index in [2.05, 4.69) is 12.1 Å². The third kappa shape index (κ3) is 1.85. The lowest BCUT2D eigenvalue weighted by molar-refractivity contribution is -0.112. The van der Waals surface area contributed by atoms with Crippen LogP contribution in [0.1, 0.15) is 28.2 Å². The van der Waals surface area contributed by atoms with Gasteiger partial charge in [-0.3, -0.25) is 4.79 Å². The molecule has 0 amide bonds. The minimum Gasteiger partial charge on any atom is -0.280 e. The van der Waals surface area contributed by atoms with E-state index in [0.717, 1.165) is 24.0 Å². The summed E-state index contributed by atoms with van der Waals surface area (Å²) in [5.74, 6) is -0.318. The van der Waals surface area contributed by atoms with Crippen molar-refractivity contribution in [1.82, 2.24) is 0 Å². The lowest BCUT2D eigenvalue weighted by atomic mass is 9.89. The number of carbonyl (C=O) groups is 1. The molecule has 0 aliphatic heterocycles. The molecule has 0 aromatic heterocycles. The fraction of sp³-hybridized carbons (Fsp3) is 0.188. The van der Waals surface area contributed by atoms with Gasteiger partial charge < -0.3 is 0 Å². The highest BCUT2D eigenvalue weighted by atomic mass is 35.5. The van der Waals surface area contributed by atoms with E-state index in [1.807, 2.05) is 36.4 Å². The fourth-order valence-corrected chi connectivity index (χ4v) is 3.00. The quantitative estimate of drug-likeness (QED) is 0.712. The second-order valence-corrected chi connectivity index (χ2v) is 5.01. The number of benzene rings is 2. The number of rotatable bonds is 1. The Morgan fingerprint density at radius 1 is 0.889 bits per heavy atom. The zero-order valence-electron chi connectivity index (χ0n) is 9.90. The van der Waals surface area contributed by atoms with Crippen molar-refractivity contribution < 1.29 is 4.79 Å². The summed E-state index contributed by atoms with van der Waals surface area (Å²) in [7, 11) is 0. The van der Waals surface area contributed by atoms with Crippen LogP contribution in [0.3, 0.4) is 0 Å². The van der Waals surface area contributed by atoms with Gasteiger partial charge in [-0.25, -0.2) is 0 Å². The molecule has 0 unspecified atom stereocenters.